The van der Waals surface area contributed by atoms with Crippen LogP contribution in [0.25, 0.3) is 0 Å². The summed E-state index contributed by atoms with van der Waals surface area (Å²) in [6.07, 6.45) is -1.18. The van der Waals surface area contributed by atoms with Gasteiger partial charge in [0.2, 0.25) is 0 Å². The van der Waals surface area contributed by atoms with Crippen molar-refractivity contribution in [2.24, 2.45) is 5.73 Å². The average molecular weight is 201 g/mol. The van der Waals surface area contributed by atoms with E-state index < -0.39 is 23.3 Å². The molecule has 1 aromatic rings. The molecular weight excluding hydrogens is 191 g/mol. The fourth-order valence-corrected chi connectivity index (χ4v) is 1.44. The number of hydrogen-bond donors (Lipinski definition) is 1. The summed E-state index contributed by atoms with van der Waals surface area (Å²) in [5.41, 5.74) is 5.39. The Balaban J connectivity index is 2.36. The highest BCUT2D eigenvalue weighted by Crippen LogP contribution is 2.43. The first-order valence-corrected chi connectivity index (χ1v) is 4.40. The van der Waals surface area contributed by atoms with E-state index in [4.69, 9.17) is 5.73 Å². The van der Waals surface area contributed by atoms with E-state index in [2.05, 4.69) is 0 Å². The Bertz CT molecular complexity index is 358. The van der Waals surface area contributed by atoms with Gasteiger partial charge in [-0.2, -0.15) is 0 Å². The van der Waals surface area contributed by atoms with Gasteiger partial charge in [0.05, 0.1) is 5.56 Å². The second-order valence-corrected chi connectivity index (χ2v) is 3.69. The molecule has 0 heterocycles. The normalized spacial score (nSPS) is 18.6. The molecule has 0 amide bonds. The molecule has 0 unspecified atom stereocenters. The largest absolute Gasteiger partial charge is 0.321 e. The Labute approximate surface area is 79.7 Å². The van der Waals surface area contributed by atoms with Crippen LogP contribution in [0.15, 0.2) is 18.2 Å². The minimum absolute atomic E-state index is 0.471. The second kappa shape index (κ2) is 2.98. The Kier molecular flexibility index (Phi) is 2.03. The van der Waals surface area contributed by atoms with E-state index in [1.165, 1.54) is 6.07 Å². The van der Waals surface area contributed by atoms with Crippen molar-refractivity contribution in [1.29, 1.82) is 0 Å². The molecule has 76 valence electrons. The van der Waals surface area contributed by atoms with Crippen molar-refractivity contribution < 1.29 is 13.2 Å². The van der Waals surface area contributed by atoms with Gasteiger partial charge in [-0.1, -0.05) is 12.1 Å². The van der Waals surface area contributed by atoms with Crippen LogP contribution in [0.1, 0.15) is 30.4 Å². The van der Waals surface area contributed by atoms with Crippen LogP contribution in [0.3, 0.4) is 0 Å². The quantitative estimate of drug-likeness (QED) is 0.782. The second-order valence-electron chi connectivity index (χ2n) is 3.69. The van der Waals surface area contributed by atoms with Crippen LogP contribution < -0.4 is 5.73 Å². The maximum Gasteiger partial charge on any atom is 0.266 e. The number of hydrogen-bond acceptors (Lipinski definition) is 1. The van der Waals surface area contributed by atoms with Gasteiger partial charge in [0.15, 0.2) is 0 Å². The lowest BCUT2D eigenvalue weighted by molar-refractivity contribution is 0.146. The predicted molar refractivity (Wildman–Crippen MR) is 46.5 cm³/mol. The number of rotatable bonds is 2. The summed E-state index contributed by atoms with van der Waals surface area (Å²) in [4.78, 5) is 0. The Morgan fingerprint density at radius 3 is 2.36 bits per heavy atom. The van der Waals surface area contributed by atoms with E-state index in [9.17, 15) is 13.2 Å². The first-order valence-electron chi connectivity index (χ1n) is 4.40. The molecule has 1 saturated carbocycles. The number of halogens is 3. The molecule has 2 N–H and O–H groups in total. The highest BCUT2D eigenvalue weighted by atomic mass is 19.3. The number of benzene rings is 1. The zero-order valence-electron chi connectivity index (χ0n) is 7.43. The third-order valence-electron chi connectivity index (χ3n) is 2.60. The third kappa shape index (κ3) is 1.50. The van der Waals surface area contributed by atoms with Crippen LogP contribution in [0.5, 0.6) is 0 Å². The van der Waals surface area contributed by atoms with Crippen molar-refractivity contribution in [1.82, 2.24) is 0 Å². The first-order chi connectivity index (χ1) is 6.53. The van der Waals surface area contributed by atoms with Crippen molar-refractivity contribution in [3.63, 3.8) is 0 Å². The van der Waals surface area contributed by atoms with Gasteiger partial charge in [0.1, 0.15) is 5.82 Å². The molecule has 1 aliphatic rings. The summed E-state index contributed by atoms with van der Waals surface area (Å²) in [5.74, 6) is -0.866. The zero-order valence-corrected chi connectivity index (χ0v) is 7.43. The summed E-state index contributed by atoms with van der Waals surface area (Å²) in [6, 6.07) is 3.72. The molecule has 14 heavy (non-hydrogen) atoms. The highest BCUT2D eigenvalue weighted by molar-refractivity contribution is 5.33. The van der Waals surface area contributed by atoms with Gasteiger partial charge in [-0.15, -0.1) is 0 Å². The van der Waals surface area contributed by atoms with Crippen LogP contribution in [0, 0.1) is 5.82 Å². The summed E-state index contributed by atoms with van der Waals surface area (Å²) in [5, 5.41) is 0. The molecular formula is C10H10F3N. The van der Waals surface area contributed by atoms with E-state index in [1.807, 2.05) is 0 Å². The molecule has 1 aliphatic carbocycles. The molecule has 1 fully saturated rings. The molecule has 0 aliphatic heterocycles. The van der Waals surface area contributed by atoms with Crippen molar-refractivity contribution in [2.75, 3.05) is 0 Å². The molecule has 0 radical (unpaired) electrons. The Morgan fingerprint density at radius 1 is 1.29 bits per heavy atom. The maximum absolute atomic E-state index is 13.1. The summed E-state index contributed by atoms with van der Waals surface area (Å²) in [6.45, 7) is 0. The van der Waals surface area contributed by atoms with Gasteiger partial charge >= 0.3 is 0 Å². The van der Waals surface area contributed by atoms with E-state index in [-0.39, 0.29) is 0 Å². The lowest BCUT2D eigenvalue weighted by Gasteiger charge is -2.10. The van der Waals surface area contributed by atoms with E-state index in [1.54, 1.807) is 0 Å². The van der Waals surface area contributed by atoms with Crippen LogP contribution in [0.2, 0.25) is 0 Å². The van der Waals surface area contributed by atoms with Crippen LogP contribution in [0.4, 0.5) is 13.2 Å². The third-order valence-corrected chi connectivity index (χ3v) is 2.60. The van der Waals surface area contributed by atoms with Crippen LogP contribution in [-0.2, 0) is 5.54 Å². The average Bonchev–Trinajstić information content (AvgIpc) is 2.84. The Morgan fingerprint density at radius 2 is 1.93 bits per heavy atom. The summed E-state index contributed by atoms with van der Waals surface area (Å²) in [7, 11) is 0. The topological polar surface area (TPSA) is 26.0 Å². The zero-order chi connectivity index (χ0) is 10.3. The van der Waals surface area contributed by atoms with E-state index in [0.29, 0.717) is 5.56 Å². The van der Waals surface area contributed by atoms with Gasteiger partial charge in [0, 0.05) is 5.54 Å². The minimum atomic E-state index is -2.77. The van der Waals surface area contributed by atoms with Crippen molar-refractivity contribution in [3.8, 4) is 0 Å². The molecule has 0 saturated heterocycles. The molecule has 1 aromatic carbocycles. The fourth-order valence-electron chi connectivity index (χ4n) is 1.44. The molecule has 0 spiro atoms. The van der Waals surface area contributed by atoms with Gasteiger partial charge in [-0.3, -0.25) is 0 Å². The minimum Gasteiger partial charge on any atom is -0.321 e. The standard InChI is InChI=1S/C10H10F3N/c11-8-5-6(10(14)3-4-10)1-2-7(8)9(12)13/h1-2,5,9H,3-4,14H2. The van der Waals surface area contributed by atoms with Gasteiger partial charge in [-0.25, -0.2) is 13.2 Å². The SMILES string of the molecule is NC1(c2ccc(C(F)F)c(F)c2)CC1. The lowest BCUT2D eigenvalue weighted by atomic mass is 10.0. The first kappa shape index (κ1) is 9.52. The molecule has 2 rings (SSSR count). The van der Waals surface area contributed by atoms with Gasteiger partial charge in [0.25, 0.3) is 6.43 Å². The highest BCUT2D eigenvalue weighted by Gasteiger charge is 2.40. The van der Waals surface area contributed by atoms with Crippen molar-refractivity contribution in [3.05, 3.63) is 35.1 Å². The molecule has 0 aromatic heterocycles. The molecule has 0 bridgehead atoms. The molecule has 4 heteroatoms. The van der Waals surface area contributed by atoms with Crippen LogP contribution >= 0.6 is 0 Å². The van der Waals surface area contributed by atoms with Crippen LogP contribution in [-0.4, -0.2) is 0 Å². The molecule has 0 atom stereocenters. The van der Waals surface area contributed by atoms with Gasteiger partial charge < -0.3 is 5.73 Å². The monoisotopic (exact) mass is 201 g/mol. The molecule has 1 nitrogen and oxygen atoms in total. The Hall–Kier alpha value is -1.03. The number of alkyl halides is 2. The van der Waals surface area contributed by atoms with E-state index >= 15 is 0 Å². The van der Waals surface area contributed by atoms with E-state index in [0.717, 1.165) is 25.0 Å². The smallest absolute Gasteiger partial charge is 0.266 e. The van der Waals surface area contributed by atoms with Gasteiger partial charge in [-0.05, 0) is 24.5 Å². The summed E-state index contributed by atoms with van der Waals surface area (Å²) >= 11 is 0. The maximum atomic E-state index is 13.1. The lowest BCUT2D eigenvalue weighted by Crippen LogP contribution is -2.18. The van der Waals surface area contributed by atoms with Crippen molar-refractivity contribution >= 4 is 0 Å². The van der Waals surface area contributed by atoms with Crippen molar-refractivity contribution in [2.45, 2.75) is 24.8 Å². The predicted octanol–water partition coefficient (Wildman–Crippen LogP) is 2.71. The summed E-state index contributed by atoms with van der Waals surface area (Å²) < 4.78 is 37.5. The fraction of sp³-hybridized carbons (Fsp3) is 0.400. The number of nitrogens with two attached hydrogens (primary N) is 1.